The molecule has 0 heterocycles. The van der Waals surface area contributed by atoms with Crippen molar-refractivity contribution in [3.8, 4) is 0 Å². The Balaban J connectivity index is 2.57. The molecule has 0 aromatic rings. The third-order valence-corrected chi connectivity index (χ3v) is 4.18. The predicted octanol–water partition coefficient (Wildman–Crippen LogP) is 3.32. The molecule has 0 saturated heterocycles. The third kappa shape index (κ3) is 5.52. The van der Waals surface area contributed by atoms with E-state index in [0.29, 0.717) is 12.0 Å². The quantitative estimate of drug-likeness (QED) is 0.734. The minimum atomic E-state index is -0.285. The van der Waals surface area contributed by atoms with Gasteiger partial charge in [0.2, 0.25) is 5.91 Å². The second kappa shape index (κ2) is 8.57. The van der Waals surface area contributed by atoms with E-state index in [-0.39, 0.29) is 11.9 Å². The van der Waals surface area contributed by atoms with E-state index in [1.165, 1.54) is 25.7 Å². The van der Waals surface area contributed by atoms with Gasteiger partial charge in [-0.05, 0) is 31.6 Å². The van der Waals surface area contributed by atoms with Crippen LogP contribution in [0.3, 0.4) is 0 Å². The van der Waals surface area contributed by atoms with Gasteiger partial charge < -0.3 is 10.6 Å². The van der Waals surface area contributed by atoms with E-state index in [1.807, 2.05) is 0 Å². The smallest absolute Gasteiger partial charge is 0.239 e. The van der Waals surface area contributed by atoms with Gasteiger partial charge in [0, 0.05) is 12.6 Å². The summed E-state index contributed by atoms with van der Waals surface area (Å²) in [5.74, 6) is 0.838. The van der Waals surface area contributed by atoms with Crippen molar-refractivity contribution < 1.29 is 4.79 Å². The summed E-state index contributed by atoms with van der Waals surface area (Å²) in [6.45, 7) is 7.47. The number of nitrogens with two attached hydrogens (primary N) is 1. The van der Waals surface area contributed by atoms with Crippen LogP contribution in [0.4, 0.5) is 0 Å². The largest absolute Gasteiger partial charge is 0.338 e. The molecule has 2 N–H and O–H groups in total. The van der Waals surface area contributed by atoms with Crippen molar-refractivity contribution in [2.24, 2.45) is 11.7 Å². The lowest BCUT2D eigenvalue weighted by atomic mass is 10.1. The summed E-state index contributed by atoms with van der Waals surface area (Å²) in [5.41, 5.74) is 6.09. The molecule has 0 aliphatic heterocycles. The molecule has 1 saturated carbocycles. The van der Waals surface area contributed by atoms with Crippen LogP contribution in [0.1, 0.15) is 72.1 Å². The monoisotopic (exact) mass is 268 g/mol. The van der Waals surface area contributed by atoms with Crippen LogP contribution in [0.25, 0.3) is 0 Å². The van der Waals surface area contributed by atoms with Crippen LogP contribution in [-0.2, 0) is 4.79 Å². The van der Waals surface area contributed by atoms with E-state index in [1.54, 1.807) is 0 Å². The Labute approximate surface area is 118 Å². The molecule has 1 aliphatic carbocycles. The molecular weight excluding hydrogens is 236 g/mol. The first kappa shape index (κ1) is 16.5. The summed E-state index contributed by atoms with van der Waals surface area (Å²) in [4.78, 5) is 14.7. The molecule has 0 radical (unpaired) electrons. The van der Waals surface area contributed by atoms with Crippen molar-refractivity contribution in [1.29, 1.82) is 0 Å². The van der Waals surface area contributed by atoms with E-state index in [2.05, 4.69) is 25.7 Å². The maximum absolute atomic E-state index is 12.5. The lowest BCUT2D eigenvalue weighted by Crippen LogP contribution is -2.48. The first-order chi connectivity index (χ1) is 9.06. The molecule has 112 valence electrons. The fourth-order valence-electron chi connectivity index (χ4n) is 2.85. The minimum absolute atomic E-state index is 0.195. The lowest BCUT2D eigenvalue weighted by Gasteiger charge is -2.32. The Morgan fingerprint density at radius 1 is 1.26 bits per heavy atom. The average molecular weight is 268 g/mol. The normalized spacial score (nSPS) is 17.9. The van der Waals surface area contributed by atoms with Crippen LogP contribution in [-0.4, -0.2) is 29.4 Å². The van der Waals surface area contributed by atoms with Gasteiger partial charge in [0.1, 0.15) is 0 Å². The Morgan fingerprint density at radius 3 is 2.42 bits per heavy atom. The highest BCUT2D eigenvalue weighted by atomic mass is 16.2. The summed E-state index contributed by atoms with van der Waals surface area (Å²) >= 11 is 0. The number of hydrogen-bond acceptors (Lipinski definition) is 2. The molecule has 3 nitrogen and oxygen atoms in total. The van der Waals surface area contributed by atoms with Gasteiger partial charge in [-0.25, -0.2) is 0 Å². The van der Waals surface area contributed by atoms with Crippen molar-refractivity contribution in [2.75, 3.05) is 6.54 Å². The fraction of sp³-hybridized carbons (Fsp3) is 0.938. The van der Waals surface area contributed by atoms with Crippen molar-refractivity contribution in [3.05, 3.63) is 0 Å². The highest BCUT2D eigenvalue weighted by molar-refractivity contribution is 5.82. The Bertz CT molecular complexity index is 259. The van der Waals surface area contributed by atoms with E-state index < -0.39 is 0 Å². The second-order valence-electron chi connectivity index (χ2n) is 6.40. The molecule has 1 atom stereocenters. The maximum atomic E-state index is 12.5. The zero-order chi connectivity index (χ0) is 14.3. The van der Waals surface area contributed by atoms with Gasteiger partial charge in [-0.15, -0.1) is 0 Å². The molecule has 0 aromatic carbocycles. The van der Waals surface area contributed by atoms with Gasteiger partial charge in [0.25, 0.3) is 0 Å². The number of carbonyl (C=O) groups excluding carboxylic acids is 1. The van der Waals surface area contributed by atoms with E-state index in [0.717, 1.165) is 32.2 Å². The SMILES string of the molecule is CCCCC(N)C(=O)N(CCC(C)C)C1CCCC1. The van der Waals surface area contributed by atoms with E-state index in [9.17, 15) is 4.79 Å². The fourth-order valence-corrected chi connectivity index (χ4v) is 2.85. The number of hydrogen-bond donors (Lipinski definition) is 1. The summed E-state index contributed by atoms with van der Waals surface area (Å²) in [6, 6.07) is 0.173. The highest BCUT2D eigenvalue weighted by Crippen LogP contribution is 2.25. The summed E-state index contributed by atoms with van der Waals surface area (Å²) < 4.78 is 0. The molecule has 1 rings (SSSR count). The number of carbonyl (C=O) groups is 1. The molecule has 19 heavy (non-hydrogen) atoms. The zero-order valence-corrected chi connectivity index (χ0v) is 13.0. The van der Waals surface area contributed by atoms with Crippen LogP contribution in [0.2, 0.25) is 0 Å². The average Bonchev–Trinajstić information content (AvgIpc) is 2.89. The Hall–Kier alpha value is -0.570. The molecule has 3 heteroatoms. The molecule has 1 unspecified atom stereocenters. The van der Waals surface area contributed by atoms with Crippen molar-refractivity contribution in [3.63, 3.8) is 0 Å². The standard InChI is InChI=1S/C16H32N2O/c1-4-5-10-15(17)16(19)18(12-11-13(2)3)14-8-6-7-9-14/h13-15H,4-12,17H2,1-3H3. The predicted molar refractivity (Wildman–Crippen MR) is 80.9 cm³/mol. The van der Waals surface area contributed by atoms with Crippen molar-refractivity contribution >= 4 is 5.91 Å². The van der Waals surface area contributed by atoms with Gasteiger partial charge >= 0.3 is 0 Å². The molecule has 0 spiro atoms. The molecule has 1 fully saturated rings. The van der Waals surface area contributed by atoms with Crippen LogP contribution in [0.15, 0.2) is 0 Å². The van der Waals surface area contributed by atoms with Crippen molar-refractivity contribution in [1.82, 2.24) is 4.90 Å². The number of amides is 1. The maximum Gasteiger partial charge on any atom is 0.239 e. The number of nitrogens with zero attached hydrogens (tertiary/aromatic N) is 1. The first-order valence-corrected chi connectivity index (χ1v) is 8.12. The Kier molecular flexibility index (Phi) is 7.44. The summed E-state index contributed by atoms with van der Waals surface area (Å²) in [5, 5.41) is 0. The Morgan fingerprint density at radius 2 is 1.89 bits per heavy atom. The number of unbranched alkanes of at least 4 members (excludes halogenated alkanes) is 1. The van der Waals surface area contributed by atoms with E-state index >= 15 is 0 Å². The molecular formula is C16H32N2O. The van der Waals surface area contributed by atoms with Gasteiger partial charge in [0.05, 0.1) is 6.04 Å². The summed E-state index contributed by atoms with van der Waals surface area (Å²) in [7, 11) is 0. The third-order valence-electron chi connectivity index (χ3n) is 4.18. The molecule has 1 aliphatic rings. The first-order valence-electron chi connectivity index (χ1n) is 8.12. The van der Waals surface area contributed by atoms with Gasteiger partial charge in [-0.3, -0.25) is 4.79 Å². The molecule has 0 aromatic heterocycles. The topological polar surface area (TPSA) is 46.3 Å². The minimum Gasteiger partial charge on any atom is -0.338 e. The molecule has 0 bridgehead atoms. The van der Waals surface area contributed by atoms with Crippen LogP contribution >= 0.6 is 0 Å². The van der Waals surface area contributed by atoms with Crippen LogP contribution in [0, 0.1) is 5.92 Å². The van der Waals surface area contributed by atoms with Crippen LogP contribution in [0.5, 0.6) is 0 Å². The van der Waals surface area contributed by atoms with E-state index in [4.69, 9.17) is 5.73 Å². The van der Waals surface area contributed by atoms with Crippen LogP contribution < -0.4 is 5.73 Å². The lowest BCUT2D eigenvalue weighted by molar-refractivity contribution is -0.135. The second-order valence-corrected chi connectivity index (χ2v) is 6.40. The van der Waals surface area contributed by atoms with Gasteiger partial charge in [-0.1, -0.05) is 46.5 Å². The molecule has 1 amide bonds. The number of rotatable bonds is 8. The van der Waals surface area contributed by atoms with Gasteiger partial charge in [-0.2, -0.15) is 0 Å². The van der Waals surface area contributed by atoms with Crippen molar-refractivity contribution in [2.45, 2.75) is 84.2 Å². The highest BCUT2D eigenvalue weighted by Gasteiger charge is 2.29. The zero-order valence-electron chi connectivity index (χ0n) is 13.0. The van der Waals surface area contributed by atoms with Gasteiger partial charge in [0.15, 0.2) is 0 Å². The summed E-state index contributed by atoms with van der Waals surface area (Å²) in [6.07, 6.45) is 8.95.